The van der Waals surface area contributed by atoms with E-state index in [1.807, 2.05) is 19.1 Å². The van der Waals surface area contributed by atoms with Gasteiger partial charge in [-0.2, -0.15) is 5.26 Å². The standard InChI is InChI=1S/C25H25ClN4O3/c1-25(15-31)7-5-19-17(14-27)11-16(12-20(19)25)21-6-8-28-24(29-21)30-22-13-18(26)3-4-23(22)33-10-9-32-2/h3-4,6,8,11-13,31H,5,7,9-10,15H2,1-2H3,(H,28,29,30). The number of aliphatic hydroxyl groups is 1. The number of rotatable bonds is 8. The van der Waals surface area contributed by atoms with E-state index in [4.69, 9.17) is 21.1 Å². The quantitative estimate of drug-likeness (QED) is 0.468. The van der Waals surface area contributed by atoms with Gasteiger partial charge in [-0.1, -0.05) is 18.5 Å². The van der Waals surface area contributed by atoms with Crippen molar-refractivity contribution in [3.63, 3.8) is 0 Å². The molecule has 33 heavy (non-hydrogen) atoms. The molecule has 0 aliphatic heterocycles. The Morgan fingerprint density at radius 1 is 1.24 bits per heavy atom. The Kier molecular flexibility index (Phi) is 6.80. The van der Waals surface area contributed by atoms with Crippen molar-refractivity contribution < 1.29 is 14.6 Å². The van der Waals surface area contributed by atoms with E-state index in [1.165, 1.54) is 0 Å². The Morgan fingerprint density at radius 2 is 2.09 bits per heavy atom. The molecular weight excluding hydrogens is 440 g/mol. The number of hydrogen-bond acceptors (Lipinski definition) is 7. The number of methoxy groups -OCH3 is 1. The van der Waals surface area contributed by atoms with Crippen molar-refractivity contribution >= 4 is 23.2 Å². The molecule has 2 N–H and O–H groups in total. The molecule has 0 amide bonds. The minimum atomic E-state index is -0.361. The van der Waals surface area contributed by atoms with Gasteiger partial charge in [-0.3, -0.25) is 0 Å². The van der Waals surface area contributed by atoms with E-state index < -0.39 is 0 Å². The zero-order chi connectivity index (χ0) is 23.4. The number of nitrogens with zero attached hydrogens (tertiary/aromatic N) is 3. The number of halogens is 1. The van der Waals surface area contributed by atoms with Crippen LogP contribution < -0.4 is 10.1 Å². The van der Waals surface area contributed by atoms with Gasteiger partial charge in [0.2, 0.25) is 5.95 Å². The molecule has 8 heteroatoms. The second-order valence-electron chi connectivity index (χ2n) is 8.25. The van der Waals surface area contributed by atoms with Crippen molar-refractivity contribution in [2.24, 2.45) is 0 Å². The van der Waals surface area contributed by atoms with E-state index in [0.717, 1.165) is 29.5 Å². The highest BCUT2D eigenvalue weighted by atomic mass is 35.5. The highest BCUT2D eigenvalue weighted by Crippen LogP contribution is 2.42. The second kappa shape index (κ2) is 9.75. The molecule has 1 aromatic heterocycles. The average molecular weight is 465 g/mol. The molecule has 1 aliphatic rings. The first-order valence-corrected chi connectivity index (χ1v) is 11.1. The van der Waals surface area contributed by atoms with Gasteiger partial charge >= 0.3 is 0 Å². The molecule has 0 saturated heterocycles. The van der Waals surface area contributed by atoms with E-state index in [9.17, 15) is 10.4 Å². The van der Waals surface area contributed by atoms with Crippen LogP contribution in [0.1, 0.15) is 30.0 Å². The first-order chi connectivity index (χ1) is 16.0. The number of aliphatic hydroxyl groups excluding tert-OH is 1. The lowest BCUT2D eigenvalue weighted by Crippen LogP contribution is -2.23. The minimum Gasteiger partial charge on any atom is -0.489 e. The zero-order valence-corrected chi connectivity index (χ0v) is 19.3. The lowest BCUT2D eigenvalue weighted by molar-refractivity contribution is 0.146. The van der Waals surface area contributed by atoms with Crippen LogP contribution >= 0.6 is 11.6 Å². The van der Waals surface area contributed by atoms with Crippen LogP contribution in [-0.4, -0.2) is 42.0 Å². The average Bonchev–Trinajstić information content (AvgIpc) is 3.17. The third-order valence-corrected chi connectivity index (χ3v) is 6.22. The predicted octanol–water partition coefficient (Wildman–Crippen LogP) is 4.63. The number of nitrogens with one attached hydrogen (secondary N) is 1. The van der Waals surface area contributed by atoms with Crippen molar-refractivity contribution in [3.8, 4) is 23.1 Å². The number of anilines is 2. The Labute approximate surface area is 198 Å². The summed E-state index contributed by atoms with van der Waals surface area (Å²) in [5, 5.41) is 23.4. The maximum atomic E-state index is 9.98. The Hall–Kier alpha value is -3.18. The summed E-state index contributed by atoms with van der Waals surface area (Å²) in [6.07, 6.45) is 3.26. The van der Waals surface area contributed by atoms with Crippen molar-refractivity contribution in [1.82, 2.24) is 9.97 Å². The molecule has 7 nitrogen and oxygen atoms in total. The third kappa shape index (κ3) is 4.79. The summed E-state index contributed by atoms with van der Waals surface area (Å²) in [6, 6.07) is 13.3. The molecule has 170 valence electrons. The summed E-state index contributed by atoms with van der Waals surface area (Å²) in [5.41, 5.74) is 4.40. The molecule has 1 unspecified atom stereocenters. The summed E-state index contributed by atoms with van der Waals surface area (Å²) >= 11 is 6.19. The van der Waals surface area contributed by atoms with Crippen LogP contribution in [-0.2, 0) is 16.6 Å². The number of nitriles is 1. The van der Waals surface area contributed by atoms with Crippen molar-refractivity contribution in [3.05, 3.63) is 64.3 Å². The first kappa shape index (κ1) is 23.0. The van der Waals surface area contributed by atoms with Crippen molar-refractivity contribution in [1.29, 1.82) is 5.26 Å². The molecule has 4 rings (SSSR count). The van der Waals surface area contributed by atoms with E-state index in [-0.39, 0.29) is 12.0 Å². The van der Waals surface area contributed by atoms with Gasteiger partial charge in [-0.05, 0) is 60.4 Å². The van der Waals surface area contributed by atoms with Gasteiger partial charge in [-0.25, -0.2) is 9.97 Å². The highest BCUT2D eigenvalue weighted by Gasteiger charge is 2.35. The summed E-state index contributed by atoms with van der Waals surface area (Å²) in [5.74, 6) is 0.976. The van der Waals surface area contributed by atoms with Gasteiger partial charge in [-0.15, -0.1) is 0 Å². The van der Waals surface area contributed by atoms with Gasteiger partial charge in [0.05, 0.1) is 36.2 Å². The van der Waals surface area contributed by atoms with Gasteiger partial charge < -0.3 is 19.9 Å². The van der Waals surface area contributed by atoms with E-state index in [0.29, 0.717) is 46.9 Å². The largest absolute Gasteiger partial charge is 0.489 e. The SMILES string of the molecule is COCCOc1ccc(Cl)cc1Nc1nccc(-c2cc(C#N)c3c(c2)C(C)(CO)CC3)n1. The van der Waals surface area contributed by atoms with Crippen LogP contribution in [0.2, 0.25) is 5.02 Å². The fourth-order valence-electron chi connectivity index (χ4n) is 4.09. The van der Waals surface area contributed by atoms with Gasteiger partial charge in [0, 0.05) is 29.3 Å². The summed E-state index contributed by atoms with van der Waals surface area (Å²) in [6.45, 7) is 2.91. The molecular formula is C25H25ClN4O3. The summed E-state index contributed by atoms with van der Waals surface area (Å²) < 4.78 is 10.8. The molecule has 0 fully saturated rings. The Balaban J connectivity index is 1.67. The molecule has 0 spiro atoms. The molecule has 2 aromatic carbocycles. The highest BCUT2D eigenvalue weighted by molar-refractivity contribution is 6.31. The number of ether oxygens (including phenoxy) is 2. The summed E-state index contributed by atoms with van der Waals surface area (Å²) in [7, 11) is 1.61. The smallest absolute Gasteiger partial charge is 0.227 e. The van der Waals surface area contributed by atoms with Crippen LogP contribution in [0.5, 0.6) is 5.75 Å². The lowest BCUT2D eigenvalue weighted by atomic mass is 9.83. The topological polar surface area (TPSA) is 100 Å². The number of fused-ring (bicyclic) bond motifs is 1. The van der Waals surface area contributed by atoms with Gasteiger partial charge in [0.25, 0.3) is 0 Å². The molecule has 0 bridgehead atoms. The van der Waals surface area contributed by atoms with Gasteiger partial charge in [0.1, 0.15) is 12.4 Å². The molecule has 1 atom stereocenters. The van der Waals surface area contributed by atoms with E-state index >= 15 is 0 Å². The zero-order valence-electron chi connectivity index (χ0n) is 18.6. The fraction of sp³-hybridized carbons (Fsp3) is 0.320. The molecule has 1 heterocycles. The number of hydrogen-bond donors (Lipinski definition) is 2. The van der Waals surface area contributed by atoms with Crippen molar-refractivity contribution in [2.45, 2.75) is 25.2 Å². The number of aromatic nitrogens is 2. The second-order valence-corrected chi connectivity index (χ2v) is 8.69. The van der Waals surface area contributed by atoms with Crippen LogP contribution in [0, 0.1) is 11.3 Å². The first-order valence-electron chi connectivity index (χ1n) is 10.7. The normalized spacial score (nSPS) is 16.8. The van der Waals surface area contributed by atoms with Crippen LogP contribution in [0.15, 0.2) is 42.6 Å². The van der Waals surface area contributed by atoms with Crippen LogP contribution in [0.4, 0.5) is 11.6 Å². The van der Waals surface area contributed by atoms with Gasteiger partial charge in [0.15, 0.2) is 0 Å². The maximum absolute atomic E-state index is 9.98. The van der Waals surface area contributed by atoms with E-state index in [2.05, 4.69) is 21.4 Å². The van der Waals surface area contributed by atoms with Crippen LogP contribution in [0.3, 0.4) is 0 Å². The molecule has 0 saturated carbocycles. The Morgan fingerprint density at radius 3 is 2.85 bits per heavy atom. The molecule has 3 aromatic rings. The third-order valence-electron chi connectivity index (χ3n) is 5.98. The maximum Gasteiger partial charge on any atom is 0.227 e. The molecule has 1 aliphatic carbocycles. The fourth-order valence-corrected chi connectivity index (χ4v) is 4.26. The van der Waals surface area contributed by atoms with E-state index in [1.54, 1.807) is 37.6 Å². The molecule has 0 radical (unpaired) electrons. The Bertz CT molecular complexity index is 1210. The summed E-state index contributed by atoms with van der Waals surface area (Å²) in [4.78, 5) is 9.00. The number of benzene rings is 2. The monoisotopic (exact) mass is 464 g/mol. The lowest BCUT2D eigenvalue weighted by Gasteiger charge is -2.23. The minimum absolute atomic E-state index is 0.0332. The van der Waals surface area contributed by atoms with Crippen molar-refractivity contribution in [2.75, 3.05) is 32.2 Å². The predicted molar refractivity (Wildman–Crippen MR) is 127 cm³/mol. The van der Waals surface area contributed by atoms with Crippen LogP contribution in [0.25, 0.3) is 11.3 Å².